The van der Waals surface area contributed by atoms with E-state index in [0.717, 1.165) is 23.2 Å². The van der Waals surface area contributed by atoms with Gasteiger partial charge >= 0.3 is 0 Å². The van der Waals surface area contributed by atoms with Crippen molar-refractivity contribution in [2.75, 3.05) is 39.1 Å². The zero-order valence-corrected chi connectivity index (χ0v) is 12.5. The second-order valence-corrected chi connectivity index (χ2v) is 5.29. The highest BCUT2D eigenvalue weighted by molar-refractivity contribution is 9.10. The Morgan fingerprint density at radius 3 is 2.56 bits per heavy atom. The van der Waals surface area contributed by atoms with Crippen LogP contribution in [0.3, 0.4) is 0 Å². The average Bonchev–Trinajstić information content (AvgIpc) is 2.34. The van der Waals surface area contributed by atoms with Crippen molar-refractivity contribution in [2.45, 2.75) is 0 Å². The van der Waals surface area contributed by atoms with E-state index in [-0.39, 0.29) is 5.84 Å². The topological polar surface area (TPSA) is 65.1 Å². The lowest BCUT2D eigenvalue weighted by Crippen LogP contribution is -2.30. The molecule has 0 aliphatic rings. The van der Waals surface area contributed by atoms with Gasteiger partial charge in [-0.05, 0) is 32.3 Å². The minimum absolute atomic E-state index is 0.114. The molecular formula is C12H19BrN4O. The molecule has 0 heterocycles. The van der Waals surface area contributed by atoms with Crippen molar-refractivity contribution < 1.29 is 5.21 Å². The molecule has 0 fully saturated rings. The van der Waals surface area contributed by atoms with E-state index in [1.54, 1.807) is 0 Å². The first-order valence-electron chi connectivity index (χ1n) is 5.59. The van der Waals surface area contributed by atoms with Crippen LogP contribution >= 0.6 is 15.9 Å². The molecule has 1 aromatic rings. The van der Waals surface area contributed by atoms with E-state index in [4.69, 9.17) is 10.9 Å². The van der Waals surface area contributed by atoms with Gasteiger partial charge in [-0.25, -0.2) is 0 Å². The highest BCUT2D eigenvalue weighted by Crippen LogP contribution is 2.23. The molecule has 3 N–H and O–H groups in total. The average molecular weight is 315 g/mol. The number of halogens is 1. The Balaban J connectivity index is 3.00. The number of hydrogen-bond donors (Lipinski definition) is 2. The van der Waals surface area contributed by atoms with Crippen molar-refractivity contribution >= 4 is 27.5 Å². The summed E-state index contributed by atoms with van der Waals surface area (Å²) in [4.78, 5) is 4.19. The van der Waals surface area contributed by atoms with Gasteiger partial charge in [-0.2, -0.15) is 0 Å². The van der Waals surface area contributed by atoms with E-state index in [0.29, 0.717) is 5.56 Å². The Morgan fingerprint density at radius 2 is 2.00 bits per heavy atom. The summed E-state index contributed by atoms with van der Waals surface area (Å²) in [7, 11) is 6.04. The van der Waals surface area contributed by atoms with Crippen LogP contribution < -0.4 is 10.6 Å². The molecule has 0 spiro atoms. The molecule has 0 bridgehead atoms. The van der Waals surface area contributed by atoms with Crippen LogP contribution in [0.15, 0.2) is 27.8 Å². The lowest BCUT2D eigenvalue weighted by atomic mass is 10.1. The molecule has 0 saturated heterocycles. The quantitative estimate of drug-likeness (QED) is 0.374. The number of oxime groups is 1. The number of hydrogen-bond acceptors (Lipinski definition) is 4. The zero-order valence-electron chi connectivity index (χ0n) is 10.9. The maximum atomic E-state index is 8.82. The van der Waals surface area contributed by atoms with Gasteiger partial charge in [-0.1, -0.05) is 21.1 Å². The van der Waals surface area contributed by atoms with Crippen LogP contribution in [0.5, 0.6) is 0 Å². The molecule has 1 aromatic carbocycles. The van der Waals surface area contributed by atoms with Crippen LogP contribution in [-0.2, 0) is 0 Å². The van der Waals surface area contributed by atoms with Gasteiger partial charge in [-0.15, -0.1) is 0 Å². The predicted octanol–water partition coefficient (Wildman–Crippen LogP) is 1.54. The van der Waals surface area contributed by atoms with E-state index >= 15 is 0 Å². The summed E-state index contributed by atoms with van der Waals surface area (Å²) in [5, 5.41) is 11.9. The van der Waals surface area contributed by atoms with Gasteiger partial charge in [0.2, 0.25) is 0 Å². The fraction of sp³-hybridized carbons (Fsp3) is 0.417. The summed E-state index contributed by atoms with van der Waals surface area (Å²) in [6.07, 6.45) is 0. The van der Waals surface area contributed by atoms with E-state index in [1.807, 2.05) is 39.3 Å². The molecule has 100 valence electrons. The van der Waals surface area contributed by atoms with Gasteiger partial charge in [0, 0.05) is 35.9 Å². The van der Waals surface area contributed by atoms with Crippen LogP contribution in [0.1, 0.15) is 5.56 Å². The molecule has 6 heteroatoms. The molecule has 0 aromatic heterocycles. The first-order chi connectivity index (χ1) is 8.45. The minimum Gasteiger partial charge on any atom is -0.409 e. The van der Waals surface area contributed by atoms with Crippen molar-refractivity contribution in [3.63, 3.8) is 0 Å². The molecule has 0 aliphatic heterocycles. The second kappa shape index (κ2) is 6.61. The highest BCUT2D eigenvalue weighted by Gasteiger charge is 2.11. The lowest BCUT2D eigenvalue weighted by Gasteiger charge is -2.24. The largest absolute Gasteiger partial charge is 0.409 e. The Kier molecular flexibility index (Phi) is 5.43. The van der Waals surface area contributed by atoms with Crippen molar-refractivity contribution in [1.29, 1.82) is 0 Å². The molecule has 1 rings (SSSR count). The molecule has 18 heavy (non-hydrogen) atoms. The SMILES string of the molecule is CN(C)CCN(C)c1ccc(Br)cc1/C(N)=N/O. The van der Waals surface area contributed by atoms with E-state index in [9.17, 15) is 0 Å². The smallest absolute Gasteiger partial charge is 0.172 e. The molecule has 0 amide bonds. The summed E-state index contributed by atoms with van der Waals surface area (Å²) in [6, 6.07) is 5.74. The summed E-state index contributed by atoms with van der Waals surface area (Å²) in [6.45, 7) is 1.79. The lowest BCUT2D eigenvalue weighted by molar-refractivity contribution is 0.318. The molecular weight excluding hydrogens is 296 g/mol. The number of benzene rings is 1. The zero-order chi connectivity index (χ0) is 13.7. The van der Waals surface area contributed by atoms with Gasteiger partial charge in [0.15, 0.2) is 5.84 Å². The van der Waals surface area contributed by atoms with Gasteiger partial charge in [0.25, 0.3) is 0 Å². The van der Waals surface area contributed by atoms with E-state index in [2.05, 4.69) is 30.9 Å². The van der Waals surface area contributed by atoms with Crippen molar-refractivity contribution in [2.24, 2.45) is 10.9 Å². The predicted molar refractivity (Wildman–Crippen MR) is 78.5 cm³/mol. The summed E-state index contributed by atoms with van der Waals surface area (Å²) < 4.78 is 0.897. The molecule has 0 aliphatic carbocycles. The molecule has 0 unspecified atom stereocenters. The maximum Gasteiger partial charge on any atom is 0.172 e. The van der Waals surface area contributed by atoms with E-state index in [1.165, 1.54) is 0 Å². The van der Waals surface area contributed by atoms with Crippen LogP contribution in [-0.4, -0.2) is 50.2 Å². The fourth-order valence-electron chi connectivity index (χ4n) is 1.57. The second-order valence-electron chi connectivity index (χ2n) is 4.37. The highest BCUT2D eigenvalue weighted by atomic mass is 79.9. The standard InChI is InChI=1S/C12H19BrN4O/c1-16(2)6-7-17(3)11-5-4-9(13)8-10(11)12(14)15-18/h4-5,8,18H,6-7H2,1-3H3,(H2,14,15). The number of nitrogens with two attached hydrogens (primary N) is 1. The first-order valence-corrected chi connectivity index (χ1v) is 6.38. The third-order valence-corrected chi connectivity index (χ3v) is 3.13. The monoisotopic (exact) mass is 314 g/mol. The Labute approximate surface area is 116 Å². The van der Waals surface area contributed by atoms with Crippen molar-refractivity contribution in [3.05, 3.63) is 28.2 Å². The maximum absolute atomic E-state index is 8.82. The van der Waals surface area contributed by atoms with Crippen LogP contribution in [0.2, 0.25) is 0 Å². The van der Waals surface area contributed by atoms with Gasteiger partial charge in [-0.3, -0.25) is 0 Å². The number of anilines is 1. The summed E-state index contributed by atoms with van der Waals surface area (Å²) in [5.41, 5.74) is 7.36. The molecule has 0 saturated carbocycles. The van der Waals surface area contributed by atoms with Gasteiger partial charge in [0.05, 0.1) is 0 Å². The van der Waals surface area contributed by atoms with E-state index < -0.39 is 0 Å². The Morgan fingerprint density at radius 1 is 1.33 bits per heavy atom. The summed E-state index contributed by atoms with van der Waals surface area (Å²) in [5.74, 6) is 0.114. The summed E-state index contributed by atoms with van der Waals surface area (Å²) >= 11 is 3.39. The normalized spacial score (nSPS) is 11.9. The van der Waals surface area contributed by atoms with Gasteiger partial charge < -0.3 is 20.7 Å². The van der Waals surface area contributed by atoms with Crippen LogP contribution in [0.25, 0.3) is 0 Å². The van der Waals surface area contributed by atoms with Crippen LogP contribution in [0, 0.1) is 0 Å². The van der Waals surface area contributed by atoms with Crippen molar-refractivity contribution in [3.8, 4) is 0 Å². The Hall–Kier alpha value is -1.27. The fourth-order valence-corrected chi connectivity index (χ4v) is 1.93. The molecule has 0 atom stereocenters. The number of nitrogens with zero attached hydrogens (tertiary/aromatic N) is 3. The third-order valence-electron chi connectivity index (χ3n) is 2.64. The van der Waals surface area contributed by atoms with Crippen LogP contribution in [0.4, 0.5) is 5.69 Å². The number of likely N-dealkylation sites (N-methyl/N-ethyl adjacent to an activating group) is 2. The number of amidine groups is 1. The van der Waals surface area contributed by atoms with Gasteiger partial charge in [0.1, 0.15) is 0 Å². The molecule has 0 radical (unpaired) electrons. The third kappa shape index (κ3) is 3.89. The molecule has 5 nitrogen and oxygen atoms in total. The minimum atomic E-state index is 0.114. The number of rotatable bonds is 5. The first kappa shape index (κ1) is 14.8. The Bertz CT molecular complexity index is 434. The van der Waals surface area contributed by atoms with Crippen molar-refractivity contribution in [1.82, 2.24) is 4.90 Å².